The molecule has 17 heavy (non-hydrogen) atoms. The first-order chi connectivity index (χ1) is 7.98. The minimum atomic E-state index is 0.264. The van der Waals surface area contributed by atoms with Gasteiger partial charge >= 0.3 is 0 Å². The maximum absolute atomic E-state index is 8.80. The average molecular weight is 248 g/mol. The van der Waals surface area contributed by atoms with Crippen molar-refractivity contribution in [2.75, 3.05) is 12.8 Å². The van der Waals surface area contributed by atoms with Crippen LogP contribution >= 0.6 is 11.8 Å². The van der Waals surface area contributed by atoms with E-state index in [2.05, 4.69) is 38.4 Å². The maximum atomic E-state index is 8.80. The Hall–Kier alpha value is -0.980. The van der Waals surface area contributed by atoms with E-state index >= 15 is 0 Å². The van der Waals surface area contributed by atoms with Gasteiger partial charge in [0.05, 0.1) is 11.6 Å². The molecule has 2 nitrogen and oxygen atoms in total. The number of thioether (sulfide) groups is 1. The van der Waals surface area contributed by atoms with Crippen LogP contribution in [0.15, 0.2) is 18.2 Å². The molecule has 3 heteroatoms. The van der Waals surface area contributed by atoms with E-state index in [4.69, 9.17) is 5.26 Å². The standard InChI is InChI=1S/C14H20N2S/c1-11-7-12(8-15)5-6-13(11)9-16-10-14(2,3)17-4/h5-7,16H,9-10H2,1-4H3. The van der Waals surface area contributed by atoms with Crippen molar-refractivity contribution in [3.63, 3.8) is 0 Å². The van der Waals surface area contributed by atoms with Crippen LogP contribution in [-0.2, 0) is 6.54 Å². The van der Waals surface area contributed by atoms with Gasteiger partial charge in [-0.05, 0) is 50.3 Å². The molecule has 0 fully saturated rings. The van der Waals surface area contributed by atoms with Gasteiger partial charge in [0.15, 0.2) is 0 Å². The van der Waals surface area contributed by atoms with Crippen LogP contribution in [0.25, 0.3) is 0 Å². The van der Waals surface area contributed by atoms with Crippen molar-refractivity contribution in [1.29, 1.82) is 5.26 Å². The molecule has 0 amide bonds. The second-order valence-electron chi connectivity index (χ2n) is 4.82. The summed E-state index contributed by atoms with van der Waals surface area (Å²) in [4.78, 5) is 0. The highest BCUT2D eigenvalue weighted by atomic mass is 32.2. The largest absolute Gasteiger partial charge is 0.311 e. The third-order valence-corrected chi connectivity index (χ3v) is 4.14. The lowest BCUT2D eigenvalue weighted by Crippen LogP contribution is -2.31. The Bertz CT molecular complexity index is 419. The smallest absolute Gasteiger partial charge is 0.0991 e. The minimum absolute atomic E-state index is 0.264. The lowest BCUT2D eigenvalue weighted by atomic mass is 10.1. The molecule has 92 valence electrons. The summed E-state index contributed by atoms with van der Waals surface area (Å²) in [6.07, 6.45) is 2.13. The first-order valence-corrected chi connectivity index (χ1v) is 6.96. The molecule has 1 rings (SSSR count). The highest BCUT2D eigenvalue weighted by molar-refractivity contribution is 7.99. The quantitative estimate of drug-likeness (QED) is 0.869. The van der Waals surface area contributed by atoms with E-state index in [1.807, 2.05) is 30.0 Å². The highest BCUT2D eigenvalue weighted by Crippen LogP contribution is 2.20. The van der Waals surface area contributed by atoms with Crippen LogP contribution in [0, 0.1) is 18.3 Å². The highest BCUT2D eigenvalue weighted by Gasteiger charge is 2.14. The van der Waals surface area contributed by atoms with Crippen molar-refractivity contribution in [1.82, 2.24) is 5.32 Å². The van der Waals surface area contributed by atoms with E-state index in [1.165, 1.54) is 11.1 Å². The summed E-state index contributed by atoms with van der Waals surface area (Å²) in [6.45, 7) is 8.36. The fraction of sp³-hybridized carbons (Fsp3) is 0.500. The topological polar surface area (TPSA) is 35.8 Å². The molecule has 0 saturated carbocycles. The molecular weight excluding hydrogens is 228 g/mol. The third kappa shape index (κ3) is 4.41. The summed E-state index contributed by atoms with van der Waals surface area (Å²) >= 11 is 1.87. The molecule has 0 heterocycles. The van der Waals surface area contributed by atoms with Crippen LogP contribution in [-0.4, -0.2) is 17.5 Å². The average Bonchev–Trinajstić information content (AvgIpc) is 2.31. The lowest BCUT2D eigenvalue weighted by molar-refractivity contribution is 0.590. The molecule has 0 saturated heterocycles. The van der Waals surface area contributed by atoms with Gasteiger partial charge in [0.1, 0.15) is 0 Å². The monoisotopic (exact) mass is 248 g/mol. The minimum Gasteiger partial charge on any atom is -0.311 e. The van der Waals surface area contributed by atoms with Crippen LogP contribution < -0.4 is 5.32 Å². The van der Waals surface area contributed by atoms with E-state index in [0.29, 0.717) is 0 Å². The second kappa shape index (κ2) is 6.09. The Labute approximate surface area is 108 Å². The number of hydrogen-bond donors (Lipinski definition) is 1. The lowest BCUT2D eigenvalue weighted by Gasteiger charge is -2.22. The van der Waals surface area contributed by atoms with Gasteiger partial charge in [-0.25, -0.2) is 0 Å². The molecule has 0 spiro atoms. The molecule has 1 N–H and O–H groups in total. The van der Waals surface area contributed by atoms with E-state index in [9.17, 15) is 0 Å². The van der Waals surface area contributed by atoms with Crippen molar-refractivity contribution >= 4 is 11.8 Å². The molecule has 0 aliphatic rings. The Morgan fingerprint density at radius 2 is 2.12 bits per heavy atom. The Balaban J connectivity index is 2.56. The first kappa shape index (κ1) is 14.1. The molecule has 1 aromatic carbocycles. The van der Waals surface area contributed by atoms with E-state index in [1.54, 1.807) is 0 Å². The number of benzene rings is 1. The van der Waals surface area contributed by atoms with Crippen LogP contribution in [0.4, 0.5) is 0 Å². The number of nitrogens with one attached hydrogen (secondary N) is 1. The molecule has 0 aliphatic heterocycles. The molecule has 0 bridgehead atoms. The second-order valence-corrected chi connectivity index (χ2v) is 6.33. The fourth-order valence-corrected chi connectivity index (χ4v) is 1.78. The predicted octanol–water partition coefficient (Wildman–Crippen LogP) is 3.10. The molecule has 0 aliphatic carbocycles. The fourth-order valence-electron chi connectivity index (χ4n) is 1.53. The van der Waals surface area contributed by atoms with Gasteiger partial charge < -0.3 is 5.32 Å². The molecule has 0 unspecified atom stereocenters. The summed E-state index contributed by atoms with van der Waals surface area (Å²) in [5.74, 6) is 0. The SMILES string of the molecule is CSC(C)(C)CNCc1ccc(C#N)cc1C. The zero-order chi connectivity index (χ0) is 12.9. The molecule has 0 aromatic heterocycles. The van der Waals surface area contributed by atoms with Crippen LogP contribution in [0.2, 0.25) is 0 Å². The summed E-state index contributed by atoms with van der Waals surface area (Å²) in [5.41, 5.74) is 3.18. The summed E-state index contributed by atoms with van der Waals surface area (Å²) < 4.78 is 0.264. The first-order valence-electron chi connectivity index (χ1n) is 5.74. The Morgan fingerprint density at radius 1 is 1.41 bits per heavy atom. The van der Waals surface area contributed by atoms with Gasteiger partial charge in [0.2, 0.25) is 0 Å². The van der Waals surface area contributed by atoms with E-state index < -0.39 is 0 Å². The van der Waals surface area contributed by atoms with Crippen molar-refractivity contribution in [3.8, 4) is 6.07 Å². The van der Waals surface area contributed by atoms with Crippen molar-refractivity contribution < 1.29 is 0 Å². The van der Waals surface area contributed by atoms with Gasteiger partial charge in [-0.15, -0.1) is 0 Å². The third-order valence-electron chi connectivity index (χ3n) is 2.89. The van der Waals surface area contributed by atoms with Gasteiger partial charge in [0.25, 0.3) is 0 Å². The van der Waals surface area contributed by atoms with Crippen molar-refractivity contribution in [2.45, 2.75) is 32.1 Å². The molecule has 0 atom stereocenters. The van der Waals surface area contributed by atoms with Gasteiger partial charge in [-0.2, -0.15) is 17.0 Å². The predicted molar refractivity (Wildman–Crippen MR) is 75.2 cm³/mol. The zero-order valence-corrected chi connectivity index (χ0v) is 11.8. The van der Waals surface area contributed by atoms with Crippen LogP contribution in [0.1, 0.15) is 30.5 Å². The Morgan fingerprint density at radius 3 is 2.65 bits per heavy atom. The van der Waals surface area contributed by atoms with Crippen LogP contribution in [0.3, 0.4) is 0 Å². The number of rotatable bonds is 5. The van der Waals surface area contributed by atoms with Gasteiger partial charge in [-0.3, -0.25) is 0 Å². The summed E-state index contributed by atoms with van der Waals surface area (Å²) in [7, 11) is 0. The Kier molecular flexibility index (Phi) is 5.04. The van der Waals surface area contributed by atoms with E-state index in [-0.39, 0.29) is 4.75 Å². The number of nitriles is 1. The molecule has 1 aromatic rings. The number of hydrogen-bond acceptors (Lipinski definition) is 3. The molecule has 0 radical (unpaired) electrons. The van der Waals surface area contributed by atoms with Gasteiger partial charge in [-0.1, -0.05) is 6.07 Å². The summed E-state index contributed by atoms with van der Waals surface area (Å²) in [5, 5.41) is 12.3. The van der Waals surface area contributed by atoms with Crippen LogP contribution in [0.5, 0.6) is 0 Å². The van der Waals surface area contributed by atoms with Gasteiger partial charge in [0, 0.05) is 17.8 Å². The van der Waals surface area contributed by atoms with Crippen molar-refractivity contribution in [2.24, 2.45) is 0 Å². The van der Waals surface area contributed by atoms with Crippen molar-refractivity contribution in [3.05, 3.63) is 34.9 Å². The van der Waals surface area contributed by atoms with E-state index in [0.717, 1.165) is 18.7 Å². The zero-order valence-electron chi connectivity index (χ0n) is 11.0. The number of aryl methyl sites for hydroxylation is 1. The normalized spacial score (nSPS) is 11.2. The molecular formula is C14H20N2S. The maximum Gasteiger partial charge on any atom is 0.0991 e. The number of nitrogens with zero attached hydrogens (tertiary/aromatic N) is 1. The summed E-state index contributed by atoms with van der Waals surface area (Å²) in [6, 6.07) is 8.02.